The average Bonchev–Trinajstić information content (AvgIpc) is 2.53. The van der Waals surface area contributed by atoms with E-state index in [-0.39, 0.29) is 0 Å². The van der Waals surface area contributed by atoms with E-state index in [1.165, 1.54) is 35.2 Å². The third-order valence-corrected chi connectivity index (χ3v) is 4.12. The molecule has 0 saturated carbocycles. The number of rotatable bonds is 4. The minimum Gasteiger partial charge on any atom is -0.298 e. The van der Waals surface area contributed by atoms with Gasteiger partial charge in [0.2, 0.25) is 0 Å². The van der Waals surface area contributed by atoms with Crippen LogP contribution in [0, 0.1) is 0 Å². The van der Waals surface area contributed by atoms with Gasteiger partial charge >= 0.3 is 0 Å². The normalized spacial score (nSPS) is 14.8. The first kappa shape index (κ1) is 13.1. The molecule has 2 aromatic rings. The first-order chi connectivity index (χ1) is 9.83. The molecule has 2 aromatic carbocycles. The van der Waals surface area contributed by atoms with E-state index in [9.17, 15) is 0 Å². The van der Waals surface area contributed by atoms with Crippen molar-refractivity contribution in [2.24, 2.45) is 0 Å². The minimum atomic E-state index is 1.05. The molecule has 20 heavy (non-hydrogen) atoms. The van der Waals surface area contributed by atoms with Crippen LogP contribution >= 0.6 is 0 Å². The smallest absolute Gasteiger partial charge is 0.0236 e. The van der Waals surface area contributed by atoms with E-state index in [2.05, 4.69) is 66.1 Å². The van der Waals surface area contributed by atoms with Crippen molar-refractivity contribution in [1.29, 1.82) is 0 Å². The van der Waals surface area contributed by atoms with Gasteiger partial charge in [-0.3, -0.25) is 4.90 Å². The van der Waals surface area contributed by atoms with Gasteiger partial charge in [0.25, 0.3) is 0 Å². The quantitative estimate of drug-likeness (QED) is 0.801. The molecule has 0 aromatic heterocycles. The second-order valence-corrected chi connectivity index (χ2v) is 5.51. The molecular formula is C19H21N. The maximum atomic E-state index is 4.23. The molecule has 0 fully saturated rings. The van der Waals surface area contributed by atoms with E-state index in [0.717, 1.165) is 19.5 Å². The molecule has 1 heteroatoms. The Morgan fingerprint density at radius 1 is 0.950 bits per heavy atom. The van der Waals surface area contributed by atoms with Crippen molar-refractivity contribution in [3.05, 3.63) is 77.9 Å². The fourth-order valence-electron chi connectivity index (χ4n) is 2.86. The van der Waals surface area contributed by atoms with Gasteiger partial charge in [0.05, 0.1) is 0 Å². The Bertz CT molecular complexity index is 586. The van der Waals surface area contributed by atoms with Crippen LogP contribution in [-0.4, -0.2) is 18.0 Å². The van der Waals surface area contributed by atoms with Crippen LogP contribution in [0.3, 0.4) is 0 Å². The van der Waals surface area contributed by atoms with Crippen LogP contribution in [0.15, 0.2) is 61.2 Å². The standard InChI is InChI=1S/C19H21N/c1-16(17-7-3-2-4-8-17)11-13-20-14-12-18-9-5-6-10-19(18)15-20/h2-10H,1,11-15H2. The molecule has 0 spiro atoms. The highest BCUT2D eigenvalue weighted by Crippen LogP contribution is 2.21. The molecule has 1 heterocycles. The zero-order valence-electron chi connectivity index (χ0n) is 11.9. The van der Waals surface area contributed by atoms with Gasteiger partial charge in [-0.2, -0.15) is 0 Å². The lowest BCUT2D eigenvalue weighted by Crippen LogP contribution is -2.31. The average molecular weight is 263 g/mol. The molecule has 0 N–H and O–H groups in total. The van der Waals surface area contributed by atoms with Crippen molar-refractivity contribution in [3.63, 3.8) is 0 Å². The third kappa shape index (κ3) is 3.00. The maximum absolute atomic E-state index is 4.23. The summed E-state index contributed by atoms with van der Waals surface area (Å²) in [5, 5.41) is 0. The molecular weight excluding hydrogens is 242 g/mol. The Morgan fingerprint density at radius 3 is 2.45 bits per heavy atom. The molecule has 3 rings (SSSR count). The topological polar surface area (TPSA) is 3.24 Å². The van der Waals surface area contributed by atoms with Gasteiger partial charge in [0.1, 0.15) is 0 Å². The Hall–Kier alpha value is -1.86. The van der Waals surface area contributed by atoms with Crippen molar-refractivity contribution < 1.29 is 0 Å². The summed E-state index contributed by atoms with van der Waals surface area (Å²) in [6.07, 6.45) is 2.22. The van der Waals surface area contributed by atoms with Gasteiger partial charge < -0.3 is 0 Å². The van der Waals surface area contributed by atoms with Crippen molar-refractivity contribution >= 4 is 5.57 Å². The molecule has 0 saturated heterocycles. The zero-order chi connectivity index (χ0) is 13.8. The maximum Gasteiger partial charge on any atom is 0.0236 e. The lowest BCUT2D eigenvalue weighted by molar-refractivity contribution is 0.260. The van der Waals surface area contributed by atoms with Crippen molar-refractivity contribution in [3.8, 4) is 0 Å². The lowest BCUT2D eigenvalue weighted by atomic mass is 9.99. The second-order valence-electron chi connectivity index (χ2n) is 5.51. The van der Waals surface area contributed by atoms with E-state index in [0.29, 0.717) is 0 Å². The molecule has 1 aliphatic heterocycles. The monoisotopic (exact) mass is 263 g/mol. The summed E-state index contributed by atoms with van der Waals surface area (Å²) in [5.41, 5.74) is 5.52. The summed E-state index contributed by atoms with van der Waals surface area (Å²) >= 11 is 0. The Kier molecular flexibility index (Phi) is 3.98. The summed E-state index contributed by atoms with van der Waals surface area (Å²) in [5.74, 6) is 0. The van der Waals surface area contributed by atoms with Gasteiger partial charge in [-0.25, -0.2) is 0 Å². The summed E-state index contributed by atoms with van der Waals surface area (Å²) in [7, 11) is 0. The minimum absolute atomic E-state index is 1.05. The summed E-state index contributed by atoms with van der Waals surface area (Å²) in [6, 6.07) is 19.3. The highest BCUT2D eigenvalue weighted by Gasteiger charge is 2.15. The first-order valence-corrected chi connectivity index (χ1v) is 7.35. The van der Waals surface area contributed by atoms with Gasteiger partial charge in [-0.15, -0.1) is 0 Å². The van der Waals surface area contributed by atoms with Gasteiger partial charge in [-0.1, -0.05) is 61.2 Å². The number of benzene rings is 2. The number of hydrogen-bond acceptors (Lipinski definition) is 1. The fourth-order valence-corrected chi connectivity index (χ4v) is 2.86. The molecule has 1 aliphatic rings. The molecule has 1 nitrogen and oxygen atoms in total. The third-order valence-electron chi connectivity index (χ3n) is 4.12. The molecule has 0 atom stereocenters. The SMILES string of the molecule is C=C(CCN1CCc2ccccc2C1)c1ccccc1. The Balaban J connectivity index is 1.57. The van der Waals surface area contributed by atoms with Crippen LogP contribution in [-0.2, 0) is 13.0 Å². The summed E-state index contributed by atoms with van der Waals surface area (Å²) in [4.78, 5) is 2.54. The van der Waals surface area contributed by atoms with Crippen LogP contribution in [0.1, 0.15) is 23.1 Å². The molecule has 0 bridgehead atoms. The first-order valence-electron chi connectivity index (χ1n) is 7.35. The summed E-state index contributed by atoms with van der Waals surface area (Å²) in [6.45, 7) is 7.57. The van der Waals surface area contributed by atoms with Crippen molar-refractivity contribution in [2.75, 3.05) is 13.1 Å². The van der Waals surface area contributed by atoms with E-state index < -0.39 is 0 Å². The van der Waals surface area contributed by atoms with E-state index >= 15 is 0 Å². The zero-order valence-corrected chi connectivity index (χ0v) is 11.9. The Morgan fingerprint density at radius 2 is 1.65 bits per heavy atom. The van der Waals surface area contributed by atoms with Crippen LogP contribution in [0.5, 0.6) is 0 Å². The van der Waals surface area contributed by atoms with Crippen LogP contribution in [0.2, 0.25) is 0 Å². The van der Waals surface area contributed by atoms with Crippen molar-refractivity contribution in [1.82, 2.24) is 4.90 Å². The second kappa shape index (κ2) is 6.06. The molecule has 0 aliphatic carbocycles. The highest BCUT2D eigenvalue weighted by atomic mass is 15.1. The molecule has 0 radical (unpaired) electrons. The highest BCUT2D eigenvalue weighted by molar-refractivity contribution is 5.63. The molecule has 102 valence electrons. The van der Waals surface area contributed by atoms with Crippen LogP contribution < -0.4 is 0 Å². The summed E-state index contributed by atoms with van der Waals surface area (Å²) < 4.78 is 0. The lowest BCUT2D eigenvalue weighted by Gasteiger charge is -2.28. The molecule has 0 unspecified atom stereocenters. The predicted octanol–water partition coefficient (Wildman–Crippen LogP) is 4.15. The molecule has 0 amide bonds. The van der Waals surface area contributed by atoms with Crippen molar-refractivity contribution in [2.45, 2.75) is 19.4 Å². The van der Waals surface area contributed by atoms with Gasteiger partial charge in [0.15, 0.2) is 0 Å². The van der Waals surface area contributed by atoms with Gasteiger partial charge in [-0.05, 0) is 35.1 Å². The number of nitrogens with zero attached hydrogens (tertiary/aromatic N) is 1. The largest absolute Gasteiger partial charge is 0.298 e. The van der Waals surface area contributed by atoms with Crippen LogP contribution in [0.25, 0.3) is 5.57 Å². The number of hydrogen-bond donors (Lipinski definition) is 0. The van der Waals surface area contributed by atoms with E-state index in [1.807, 2.05) is 0 Å². The predicted molar refractivity (Wildman–Crippen MR) is 85.5 cm³/mol. The Labute approximate surface area is 121 Å². The van der Waals surface area contributed by atoms with Gasteiger partial charge in [0, 0.05) is 19.6 Å². The number of fused-ring (bicyclic) bond motifs is 1. The fraction of sp³-hybridized carbons (Fsp3) is 0.263. The van der Waals surface area contributed by atoms with E-state index in [4.69, 9.17) is 0 Å². The van der Waals surface area contributed by atoms with Crippen LogP contribution in [0.4, 0.5) is 0 Å². The van der Waals surface area contributed by atoms with E-state index in [1.54, 1.807) is 0 Å².